The summed E-state index contributed by atoms with van der Waals surface area (Å²) in [4.78, 5) is 67.5. The minimum Gasteiger partial charge on any atom is -0.458 e. The maximum absolute atomic E-state index is 14.9. The average molecular weight is 819 g/mol. The number of anilines is 2. The molecule has 2 N–H and O–H groups in total. The Labute approximate surface area is 343 Å². The maximum atomic E-state index is 14.9. The zero-order chi connectivity index (χ0) is 42.2. The molecule has 318 valence electrons. The van der Waals surface area contributed by atoms with E-state index in [9.17, 15) is 33.5 Å². The molecule has 1 amide bonds. The van der Waals surface area contributed by atoms with E-state index in [0.717, 1.165) is 11.1 Å². The lowest BCUT2D eigenvalue weighted by Gasteiger charge is -2.61. The van der Waals surface area contributed by atoms with Crippen molar-refractivity contribution in [3.05, 3.63) is 59.0 Å². The molecule has 7 aliphatic rings. The number of benzene rings is 1. The van der Waals surface area contributed by atoms with Gasteiger partial charge in [-0.15, -0.1) is 0 Å². The summed E-state index contributed by atoms with van der Waals surface area (Å²) in [5, 5.41) is 15.9. The number of morpholine rings is 1. The van der Waals surface area contributed by atoms with E-state index in [-0.39, 0.29) is 42.8 Å². The molecule has 3 aliphatic heterocycles. The van der Waals surface area contributed by atoms with Crippen LogP contribution in [0.25, 0.3) is 0 Å². The number of esters is 3. The number of ketones is 1. The molecule has 2 saturated carbocycles. The number of nitrogens with one attached hydrogen (secondary N) is 1. The molecule has 14 heteroatoms. The number of halogens is 1. The van der Waals surface area contributed by atoms with Crippen molar-refractivity contribution in [1.29, 1.82) is 0 Å². The SMILES string of the molecule is CC(=O)O[C@H]1C=C([C@H](C)[C@H]2CC(C)=C(C)C(=O)O2)[C@@]2(C)CC[C@H]3[C@@H](C[C@H]4O[C@]45[C@@H](OC(=O)CCCC(=O)Nc4ccc(N6CCOCC6)c(F)c4)C=CC(=O)[C@]35C)[C@@]12O. The maximum Gasteiger partial charge on any atom is 0.333 e. The van der Waals surface area contributed by atoms with Gasteiger partial charge in [0.2, 0.25) is 5.91 Å². The molecule has 8 rings (SSSR count). The predicted molar refractivity (Wildman–Crippen MR) is 211 cm³/mol. The van der Waals surface area contributed by atoms with Crippen LogP contribution in [-0.4, -0.2) is 96.6 Å². The Kier molecular flexibility index (Phi) is 10.5. The molecule has 1 aromatic carbocycles. The summed E-state index contributed by atoms with van der Waals surface area (Å²) in [6, 6.07) is 4.56. The lowest BCUT2D eigenvalue weighted by molar-refractivity contribution is -0.225. The number of epoxide rings is 1. The van der Waals surface area contributed by atoms with Gasteiger partial charge >= 0.3 is 17.9 Å². The fraction of sp³-hybridized carbons (Fsp3) is 0.622. The number of amides is 1. The van der Waals surface area contributed by atoms with E-state index in [1.165, 1.54) is 19.1 Å². The molecule has 1 aromatic rings. The van der Waals surface area contributed by atoms with Crippen LogP contribution in [0.15, 0.2) is 53.1 Å². The highest BCUT2D eigenvalue weighted by molar-refractivity contribution is 5.98. The number of aliphatic hydroxyl groups is 1. The molecular weight excluding hydrogens is 763 g/mol. The largest absolute Gasteiger partial charge is 0.458 e. The van der Waals surface area contributed by atoms with E-state index in [1.807, 2.05) is 38.7 Å². The molecular formula is C45H55FN2O11. The number of carbonyl (C=O) groups excluding carboxylic acids is 5. The number of rotatable bonds is 10. The third-order valence-corrected chi connectivity index (χ3v) is 15.1. The van der Waals surface area contributed by atoms with Crippen molar-refractivity contribution in [2.45, 2.75) is 122 Å². The van der Waals surface area contributed by atoms with Crippen molar-refractivity contribution in [2.75, 3.05) is 36.5 Å². The molecule has 0 radical (unpaired) electrons. The second kappa shape index (κ2) is 14.9. The molecule has 59 heavy (non-hydrogen) atoms. The van der Waals surface area contributed by atoms with Crippen molar-refractivity contribution in [3.63, 3.8) is 0 Å². The first-order valence-corrected chi connectivity index (χ1v) is 21.0. The van der Waals surface area contributed by atoms with Gasteiger partial charge in [0, 0.05) is 61.9 Å². The standard InChI is InChI=1S/C45H55FN2O11/c1-24-20-34(57-41(53)25(24)2)26(3)30-22-37(56-27(4)49)44(54)31-23-38-45(59-38)36(13-12-35(50)43(45,6)29(31)14-15-42(30,44)5)58-40(52)9-7-8-39(51)47-28-10-11-33(32(46)21-28)48-16-18-55-19-17-48/h10-13,21-22,26,29,31,34,36-38,54H,7-9,14-20,23H2,1-6H3,(H,47,51)/t26-,29-,31+,34+,36-,37-,38+,42+,43-,44+,45+/m0/s1. The van der Waals surface area contributed by atoms with Crippen LogP contribution in [0.1, 0.15) is 86.5 Å². The van der Waals surface area contributed by atoms with E-state index >= 15 is 0 Å². The fourth-order valence-corrected chi connectivity index (χ4v) is 11.7. The van der Waals surface area contributed by atoms with Gasteiger partial charge in [-0.25, -0.2) is 9.18 Å². The summed E-state index contributed by atoms with van der Waals surface area (Å²) in [5.41, 5.74) is -1.66. The average Bonchev–Trinajstić information content (AvgIpc) is 3.88. The van der Waals surface area contributed by atoms with Gasteiger partial charge in [-0.05, 0) is 94.7 Å². The highest BCUT2D eigenvalue weighted by atomic mass is 19.1. The second-order valence-electron chi connectivity index (χ2n) is 18.0. The number of hydrogen-bond acceptors (Lipinski definition) is 12. The van der Waals surface area contributed by atoms with Crippen LogP contribution < -0.4 is 10.2 Å². The van der Waals surface area contributed by atoms with Crippen LogP contribution in [0.5, 0.6) is 0 Å². The number of hydrogen-bond donors (Lipinski definition) is 2. The van der Waals surface area contributed by atoms with Crippen LogP contribution in [0.3, 0.4) is 0 Å². The predicted octanol–water partition coefficient (Wildman–Crippen LogP) is 5.29. The molecule has 3 heterocycles. The van der Waals surface area contributed by atoms with Crippen LogP contribution in [0.2, 0.25) is 0 Å². The number of allylic oxidation sites excluding steroid dienone is 1. The molecule has 0 bridgehead atoms. The molecule has 13 nitrogen and oxygen atoms in total. The molecule has 4 aliphatic carbocycles. The minimum atomic E-state index is -1.61. The van der Waals surface area contributed by atoms with Crippen molar-refractivity contribution >= 4 is 41.0 Å². The lowest BCUT2D eigenvalue weighted by Crippen LogP contribution is -2.70. The Morgan fingerprint density at radius 1 is 1.07 bits per heavy atom. The highest BCUT2D eigenvalue weighted by Gasteiger charge is 2.83. The number of cyclic esters (lactones) is 1. The van der Waals surface area contributed by atoms with Gasteiger partial charge in [0.05, 0.1) is 30.4 Å². The molecule has 11 atom stereocenters. The summed E-state index contributed by atoms with van der Waals surface area (Å²) >= 11 is 0. The van der Waals surface area contributed by atoms with E-state index in [1.54, 1.807) is 25.1 Å². The van der Waals surface area contributed by atoms with Gasteiger partial charge in [0.1, 0.15) is 29.2 Å². The van der Waals surface area contributed by atoms with E-state index in [2.05, 4.69) is 5.32 Å². The Balaban J connectivity index is 0.946. The van der Waals surface area contributed by atoms with Gasteiger partial charge in [-0.1, -0.05) is 25.0 Å². The quantitative estimate of drug-likeness (QED) is 0.136. The number of carbonyl (C=O) groups is 5. The van der Waals surface area contributed by atoms with Gasteiger partial charge in [0.25, 0.3) is 0 Å². The number of fused-ring (bicyclic) bond motifs is 4. The van der Waals surface area contributed by atoms with Crippen LogP contribution in [-0.2, 0) is 47.7 Å². The normalized spacial score (nSPS) is 37.6. The second-order valence-corrected chi connectivity index (χ2v) is 18.0. The third-order valence-electron chi connectivity index (χ3n) is 15.1. The molecule has 0 unspecified atom stereocenters. The van der Waals surface area contributed by atoms with Crippen molar-refractivity contribution in [3.8, 4) is 0 Å². The van der Waals surface area contributed by atoms with Gasteiger partial charge in [-0.3, -0.25) is 19.2 Å². The summed E-state index contributed by atoms with van der Waals surface area (Å²) in [6.07, 6.45) is 3.95. The van der Waals surface area contributed by atoms with Gasteiger partial charge in [-0.2, -0.15) is 0 Å². The summed E-state index contributed by atoms with van der Waals surface area (Å²) in [6.45, 7) is 13.0. The van der Waals surface area contributed by atoms with Crippen molar-refractivity contribution in [1.82, 2.24) is 0 Å². The first-order chi connectivity index (χ1) is 27.9. The number of nitrogens with zero attached hydrogens (tertiary/aromatic N) is 1. The van der Waals surface area contributed by atoms with Crippen molar-refractivity contribution < 1.29 is 57.2 Å². The summed E-state index contributed by atoms with van der Waals surface area (Å²) < 4.78 is 44.6. The van der Waals surface area contributed by atoms with Crippen LogP contribution in [0.4, 0.5) is 15.8 Å². The minimum absolute atomic E-state index is 0.00127. The van der Waals surface area contributed by atoms with Crippen LogP contribution >= 0.6 is 0 Å². The number of ether oxygens (including phenoxy) is 5. The molecule has 1 spiro atoms. The third kappa shape index (κ3) is 6.46. The Bertz CT molecular complexity index is 2060. The highest BCUT2D eigenvalue weighted by Crippen LogP contribution is 2.74. The van der Waals surface area contributed by atoms with Crippen molar-refractivity contribution in [2.24, 2.45) is 28.6 Å². The molecule has 4 fully saturated rings. The first-order valence-electron chi connectivity index (χ1n) is 21.0. The topological polar surface area (TPSA) is 170 Å². The Morgan fingerprint density at radius 2 is 1.81 bits per heavy atom. The molecule has 2 saturated heterocycles. The summed E-state index contributed by atoms with van der Waals surface area (Å²) in [5.74, 6) is -3.72. The van der Waals surface area contributed by atoms with Gasteiger partial charge in [0.15, 0.2) is 11.9 Å². The van der Waals surface area contributed by atoms with E-state index in [0.29, 0.717) is 68.9 Å². The fourth-order valence-electron chi connectivity index (χ4n) is 11.7. The summed E-state index contributed by atoms with van der Waals surface area (Å²) in [7, 11) is 0. The van der Waals surface area contributed by atoms with E-state index < -0.39 is 76.0 Å². The monoisotopic (exact) mass is 818 g/mol. The van der Waals surface area contributed by atoms with Crippen LogP contribution in [0, 0.1) is 34.4 Å². The Hall–Kier alpha value is -4.40. The zero-order valence-corrected chi connectivity index (χ0v) is 34.6. The lowest BCUT2D eigenvalue weighted by atomic mass is 9.42. The van der Waals surface area contributed by atoms with Gasteiger partial charge < -0.3 is 39.0 Å². The smallest absolute Gasteiger partial charge is 0.333 e. The Morgan fingerprint density at radius 3 is 2.51 bits per heavy atom. The first kappa shape index (κ1) is 41.3. The molecule has 0 aromatic heterocycles. The zero-order valence-electron chi connectivity index (χ0n) is 34.6. The van der Waals surface area contributed by atoms with E-state index in [4.69, 9.17) is 23.7 Å².